The van der Waals surface area contributed by atoms with E-state index in [1.165, 1.54) is 11.1 Å². The summed E-state index contributed by atoms with van der Waals surface area (Å²) in [6.07, 6.45) is 5.09. The first-order chi connectivity index (χ1) is 13.5. The van der Waals surface area contributed by atoms with E-state index in [1.807, 2.05) is 50.2 Å². The number of nitrogens with one attached hydrogen (secondary N) is 1. The van der Waals surface area contributed by atoms with E-state index in [0.717, 1.165) is 5.56 Å². The molecule has 2 amide bonds. The fourth-order valence-corrected chi connectivity index (χ4v) is 3.01. The Morgan fingerprint density at radius 2 is 1.50 bits per heavy atom. The Morgan fingerprint density at radius 3 is 2.04 bits per heavy atom. The number of nitrogens with zero attached hydrogens (tertiary/aromatic N) is 1. The molecule has 0 saturated heterocycles. The van der Waals surface area contributed by atoms with E-state index in [0.29, 0.717) is 31.4 Å². The van der Waals surface area contributed by atoms with Crippen LogP contribution < -0.4 is 10.4 Å². The SMILES string of the molecule is CCCC(O)(CCC)C(=O)NN(C(=O)C=Cc1ccccc1)c1ccccc1. The number of para-hydroxylation sites is 1. The molecule has 28 heavy (non-hydrogen) atoms. The molecular weight excluding hydrogens is 352 g/mol. The van der Waals surface area contributed by atoms with E-state index in [-0.39, 0.29) is 0 Å². The van der Waals surface area contributed by atoms with Gasteiger partial charge in [0.15, 0.2) is 0 Å². The van der Waals surface area contributed by atoms with Gasteiger partial charge >= 0.3 is 0 Å². The number of carbonyl (C=O) groups excluding carboxylic acids is 2. The highest BCUT2D eigenvalue weighted by Crippen LogP contribution is 2.21. The first kappa shape index (κ1) is 21.4. The molecule has 0 bridgehead atoms. The fourth-order valence-electron chi connectivity index (χ4n) is 3.01. The van der Waals surface area contributed by atoms with E-state index < -0.39 is 17.4 Å². The summed E-state index contributed by atoms with van der Waals surface area (Å²) in [5.74, 6) is -0.972. The number of anilines is 1. The zero-order valence-electron chi connectivity index (χ0n) is 16.5. The first-order valence-electron chi connectivity index (χ1n) is 9.66. The molecule has 0 radical (unpaired) electrons. The van der Waals surface area contributed by atoms with Crippen molar-refractivity contribution in [3.63, 3.8) is 0 Å². The second-order valence-corrected chi connectivity index (χ2v) is 6.73. The van der Waals surface area contributed by atoms with Crippen molar-refractivity contribution in [2.24, 2.45) is 0 Å². The van der Waals surface area contributed by atoms with Crippen LogP contribution in [0.3, 0.4) is 0 Å². The highest BCUT2D eigenvalue weighted by Gasteiger charge is 2.35. The van der Waals surface area contributed by atoms with E-state index in [4.69, 9.17) is 0 Å². The van der Waals surface area contributed by atoms with Crippen molar-refractivity contribution >= 4 is 23.6 Å². The van der Waals surface area contributed by atoms with Crippen molar-refractivity contribution in [1.82, 2.24) is 5.43 Å². The number of aliphatic hydroxyl groups is 1. The normalized spacial score (nSPS) is 11.4. The highest BCUT2D eigenvalue weighted by atomic mass is 16.3. The Kier molecular flexibility index (Phi) is 7.96. The summed E-state index contributed by atoms with van der Waals surface area (Å²) in [7, 11) is 0. The molecule has 5 nitrogen and oxygen atoms in total. The molecule has 0 aliphatic carbocycles. The van der Waals surface area contributed by atoms with Crippen LogP contribution >= 0.6 is 0 Å². The van der Waals surface area contributed by atoms with E-state index in [2.05, 4.69) is 5.43 Å². The van der Waals surface area contributed by atoms with Crippen LogP contribution in [0.25, 0.3) is 6.08 Å². The number of hydrogen-bond acceptors (Lipinski definition) is 3. The minimum atomic E-state index is -1.50. The summed E-state index contributed by atoms with van der Waals surface area (Å²) in [6.45, 7) is 3.83. The van der Waals surface area contributed by atoms with Gasteiger partial charge in [-0.1, -0.05) is 75.2 Å². The summed E-state index contributed by atoms with van der Waals surface area (Å²) < 4.78 is 0. The van der Waals surface area contributed by atoms with Crippen molar-refractivity contribution in [3.05, 3.63) is 72.3 Å². The maximum absolute atomic E-state index is 12.8. The van der Waals surface area contributed by atoms with Gasteiger partial charge in [0.05, 0.1) is 5.69 Å². The van der Waals surface area contributed by atoms with Crippen LogP contribution in [-0.2, 0) is 9.59 Å². The first-order valence-corrected chi connectivity index (χ1v) is 9.66. The zero-order valence-corrected chi connectivity index (χ0v) is 16.5. The topological polar surface area (TPSA) is 69.6 Å². The van der Waals surface area contributed by atoms with Crippen molar-refractivity contribution in [2.45, 2.75) is 45.1 Å². The number of amides is 2. The average molecular weight is 380 g/mol. The van der Waals surface area contributed by atoms with Crippen LogP contribution in [0, 0.1) is 0 Å². The predicted octanol–water partition coefficient (Wildman–Crippen LogP) is 4.10. The standard InChI is InChI=1S/C23H28N2O3/c1-3-17-23(28,18-4-2)22(27)24-25(20-13-9-6-10-14-20)21(26)16-15-19-11-7-5-8-12-19/h5-16,28H,3-4,17-18H2,1-2H3,(H,24,27). The summed E-state index contributed by atoms with van der Waals surface area (Å²) in [5, 5.41) is 12.0. The molecule has 0 heterocycles. The van der Waals surface area contributed by atoms with Gasteiger partial charge in [-0.3, -0.25) is 15.0 Å². The van der Waals surface area contributed by atoms with Gasteiger partial charge in [0.2, 0.25) is 0 Å². The predicted molar refractivity (Wildman–Crippen MR) is 112 cm³/mol. The third-order valence-corrected chi connectivity index (χ3v) is 4.42. The third-order valence-electron chi connectivity index (χ3n) is 4.42. The lowest BCUT2D eigenvalue weighted by Crippen LogP contribution is -2.55. The molecule has 2 N–H and O–H groups in total. The van der Waals surface area contributed by atoms with Crippen LogP contribution in [0.4, 0.5) is 5.69 Å². The number of benzene rings is 2. The summed E-state index contributed by atoms with van der Waals surface area (Å²) >= 11 is 0. The van der Waals surface area contributed by atoms with Gasteiger partial charge in [-0.15, -0.1) is 0 Å². The molecule has 0 aliphatic heterocycles. The average Bonchev–Trinajstić information content (AvgIpc) is 2.71. The summed E-state index contributed by atoms with van der Waals surface area (Å²) in [4.78, 5) is 25.7. The molecule has 0 unspecified atom stereocenters. The van der Waals surface area contributed by atoms with Gasteiger partial charge in [0, 0.05) is 6.08 Å². The van der Waals surface area contributed by atoms with Crippen molar-refractivity contribution in [1.29, 1.82) is 0 Å². The fraction of sp³-hybridized carbons (Fsp3) is 0.304. The van der Waals surface area contributed by atoms with Crippen molar-refractivity contribution < 1.29 is 14.7 Å². The molecule has 5 heteroatoms. The molecule has 2 rings (SSSR count). The molecule has 148 valence electrons. The minimum absolute atomic E-state index is 0.337. The monoisotopic (exact) mass is 380 g/mol. The van der Waals surface area contributed by atoms with Crippen LogP contribution in [0.15, 0.2) is 66.7 Å². The Bertz CT molecular complexity index is 782. The Morgan fingerprint density at radius 1 is 0.964 bits per heavy atom. The van der Waals surface area contributed by atoms with E-state index >= 15 is 0 Å². The van der Waals surface area contributed by atoms with Crippen molar-refractivity contribution in [3.8, 4) is 0 Å². The number of rotatable bonds is 8. The largest absolute Gasteiger partial charge is 0.380 e. The van der Waals surface area contributed by atoms with Gasteiger partial charge in [-0.2, -0.15) is 0 Å². The Balaban J connectivity index is 2.26. The highest BCUT2D eigenvalue weighted by molar-refractivity contribution is 6.05. The van der Waals surface area contributed by atoms with Crippen LogP contribution in [0.2, 0.25) is 0 Å². The zero-order chi connectivity index (χ0) is 20.4. The van der Waals surface area contributed by atoms with Gasteiger partial charge in [-0.05, 0) is 36.6 Å². The second-order valence-electron chi connectivity index (χ2n) is 6.73. The molecule has 0 aliphatic rings. The molecule has 0 atom stereocenters. The quantitative estimate of drug-likeness (QED) is 0.535. The lowest BCUT2D eigenvalue weighted by atomic mass is 9.92. The molecule has 0 spiro atoms. The van der Waals surface area contributed by atoms with Gasteiger partial charge < -0.3 is 5.11 Å². The Hall–Kier alpha value is -2.92. The van der Waals surface area contributed by atoms with E-state index in [9.17, 15) is 14.7 Å². The van der Waals surface area contributed by atoms with Crippen LogP contribution in [0.1, 0.15) is 45.1 Å². The van der Waals surface area contributed by atoms with Gasteiger partial charge in [0.1, 0.15) is 5.60 Å². The van der Waals surface area contributed by atoms with Crippen molar-refractivity contribution in [2.75, 3.05) is 5.01 Å². The number of hydrogen-bond donors (Lipinski definition) is 2. The van der Waals surface area contributed by atoms with Crippen LogP contribution in [-0.4, -0.2) is 22.5 Å². The van der Waals surface area contributed by atoms with E-state index in [1.54, 1.807) is 30.3 Å². The number of hydrazine groups is 1. The lowest BCUT2D eigenvalue weighted by molar-refractivity contribution is -0.142. The second kappa shape index (κ2) is 10.4. The molecule has 2 aromatic rings. The molecular formula is C23H28N2O3. The molecule has 0 saturated carbocycles. The maximum atomic E-state index is 12.8. The van der Waals surface area contributed by atoms with Crippen LogP contribution in [0.5, 0.6) is 0 Å². The molecule has 0 aromatic heterocycles. The number of carbonyl (C=O) groups is 2. The maximum Gasteiger partial charge on any atom is 0.270 e. The minimum Gasteiger partial charge on any atom is -0.380 e. The smallest absolute Gasteiger partial charge is 0.270 e. The lowest BCUT2D eigenvalue weighted by Gasteiger charge is -2.30. The van der Waals surface area contributed by atoms with Gasteiger partial charge in [-0.25, -0.2) is 5.01 Å². The summed E-state index contributed by atoms with van der Waals surface area (Å²) in [6, 6.07) is 18.3. The van der Waals surface area contributed by atoms with Gasteiger partial charge in [0.25, 0.3) is 11.8 Å². The molecule has 0 fully saturated rings. The summed E-state index contributed by atoms with van der Waals surface area (Å²) in [5.41, 5.74) is 2.52. The molecule has 2 aromatic carbocycles. The third kappa shape index (κ3) is 5.79. The Labute approximate surface area is 166 Å².